The van der Waals surface area contributed by atoms with E-state index in [0.717, 1.165) is 16.9 Å². The Morgan fingerprint density at radius 3 is 2.45 bits per heavy atom. The second-order valence-corrected chi connectivity index (χ2v) is 11.1. The summed E-state index contributed by atoms with van der Waals surface area (Å²) < 4.78 is 11.7. The Morgan fingerprint density at radius 2 is 1.85 bits per heavy atom. The van der Waals surface area contributed by atoms with E-state index in [4.69, 9.17) is 9.47 Å². The van der Waals surface area contributed by atoms with Crippen LogP contribution in [0.3, 0.4) is 0 Å². The lowest BCUT2D eigenvalue weighted by molar-refractivity contribution is -0.137. The molecule has 1 atom stereocenters. The monoisotopic (exact) mass is 476 g/mol. The molecule has 1 N–H and O–H groups in total. The minimum atomic E-state index is -0.637. The molecule has 2 heterocycles. The number of likely N-dealkylation sites (tertiary alicyclic amines) is 1. The van der Waals surface area contributed by atoms with E-state index in [1.165, 1.54) is 0 Å². The van der Waals surface area contributed by atoms with Gasteiger partial charge in [0, 0.05) is 25.9 Å². The number of Topliss-reactive ketones (excluding diaryl/α,β-unsaturated/α-hetero) is 1. The second kappa shape index (κ2) is 9.95. The molecule has 0 aliphatic carbocycles. The maximum Gasteiger partial charge on any atom is 0.408 e. The van der Waals surface area contributed by atoms with Gasteiger partial charge in [-0.15, -0.1) is 0 Å². The Bertz CT molecular complexity index is 916. The van der Waals surface area contributed by atoms with Crippen LogP contribution in [-0.4, -0.2) is 65.0 Å². The van der Waals surface area contributed by atoms with Crippen molar-refractivity contribution in [3.05, 3.63) is 28.8 Å². The molecule has 182 valence electrons. The van der Waals surface area contributed by atoms with Gasteiger partial charge in [0.05, 0.1) is 12.0 Å². The van der Waals surface area contributed by atoms with Crippen molar-refractivity contribution in [3.63, 3.8) is 0 Å². The van der Waals surface area contributed by atoms with Crippen molar-refractivity contribution in [1.29, 1.82) is 0 Å². The van der Waals surface area contributed by atoms with E-state index < -0.39 is 23.3 Å². The highest BCUT2D eigenvalue weighted by molar-refractivity contribution is 7.98. The molecular weight excluding hydrogens is 440 g/mol. The Balaban J connectivity index is 1.66. The molecule has 1 aromatic rings. The van der Waals surface area contributed by atoms with Gasteiger partial charge in [-0.1, -0.05) is 0 Å². The van der Waals surface area contributed by atoms with Gasteiger partial charge >= 0.3 is 6.09 Å². The van der Waals surface area contributed by atoms with Crippen LogP contribution in [0.5, 0.6) is 5.75 Å². The number of carbonyl (C=O) groups is 3. The first-order chi connectivity index (χ1) is 15.4. The van der Waals surface area contributed by atoms with Gasteiger partial charge in [0.1, 0.15) is 23.0 Å². The second-order valence-electron chi connectivity index (χ2n) is 10.1. The molecule has 0 saturated carbocycles. The van der Waals surface area contributed by atoms with Crippen molar-refractivity contribution < 1.29 is 23.9 Å². The Morgan fingerprint density at radius 1 is 1.21 bits per heavy atom. The quantitative estimate of drug-likeness (QED) is 0.683. The number of nitrogens with one attached hydrogen (secondary N) is 1. The van der Waals surface area contributed by atoms with E-state index in [9.17, 15) is 14.4 Å². The number of ether oxygens (including phenoxy) is 2. The molecule has 1 saturated heterocycles. The first-order valence-electron chi connectivity index (χ1n) is 11.5. The molecule has 1 unspecified atom stereocenters. The third kappa shape index (κ3) is 6.22. The van der Waals surface area contributed by atoms with Crippen LogP contribution in [0.1, 0.15) is 67.9 Å². The topological polar surface area (TPSA) is 84.9 Å². The molecule has 0 bridgehead atoms. The molecule has 0 radical (unpaired) electrons. The summed E-state index contributed by atoms with van der Waals surface area (Å²) in [5.41, 5.74) is 1.62. The molecule has 1 fully saturated rings. The van der Waals surface area contributed by atoms with Crippen molar-refractivity contribution in [1.82, 2.24) is 10.2 Å². The molecule has 2 aliphatic heterocycles. The predicted octanol–water partition coefficient (Wildman–Crippen LogP) is 4.28. The van der Waals surface area contributed by atoms with Crippen LogP contribution in [0.15, 0.2) is 12.1 Å². The summed E-state index contributed by atoms with van der Waals surface area (Å²) in [4.78, 5) is 40.2. The highest BCUT2D eigenvalue weighted by atomic mass is 32.2. The number of piperidine rings is 1. The normalized spacial score (nSPS) is 18.4. The highest BCUT2D eigenvalue weighted by Gasteiger charge is 2.44. The van der Waals surface area contributed by atoms with E-state index in [1.54, 1.807) is 37.4 Å². The molecule has 1 spiro atoms. The number of ketones is 1. The summed E-state index contributed by atoms with van der Waals surface area (Å²) in [6.07, 6.45) is 3.41. The largest absolute Gasteiger partial charge is 0.486 e. The third-order valence-corrected chi connectivity index (χ3v) is 6.94. The minimum absolute atomic E-state index is 0.101. The van der Waals surface area contributed by atoms with Gasteiger partial charge in [-0.3, -0.25) is 9.59 Å². The predicted molar refractivity (Wildman–Crippen MR) is 130 cm³/mol. The van der Waals surface area contributed by atoms with Gasteiger partial charge in [-0.2, -0.15) is 11.8 Å². The minimum Gasteiger partial charge on any atom is -0.486 e. The van der Waals surface area contributed by atoms with Crippen molar-refractivity contribution in [2.24, 2.45) is 0 Å². The van der Waals surface area contributed by atoms with E-state index in [1.807, 2.05) is 32.2 Å². The molecule has 7 nitrogen and oxygen atoms in total. The molecule has 2 aliphatic rings. The van der Waals surface area contributed by atoms with E-state index in [2.05, 4.69) is 5.32 Å². The summed E-state index contributed by atoms with van der Waals surface area (Å²) in [5.74, 6) is 1.39. The van der Waals surface area contributed by atoms with Gasteiger partial charge in [0.15, 0.2) is 5.78 Å². The molecular formula is C25H36N2O5S. The Hall–Kier alpha value is -2.22. The number of nitrogens with zero attached hydrogens (tertiary/aromatic N) is 1. The van der Waals surface area contributed by atoms with Gasteiger partial charge in [-0.25, -0.2) is 4.79 Å². The van der Waals surface area contributed by atoms with Crippen molar-refractivity contribution in [3.8, 4) is 5.75 Å². The number of hydrogen-bond donors (Lipinski definition) is 1. The average Bonchev–Trinajstić information content (AvgIpc) is 2.71. The van der Waals surface area contributed by atoms with Crippen molar-refractivity contribution >= 4 is 29.5 Å². The smallest absolute Gasteiger partial charge is 0.408 e. The van der Waals surface area contributed by atoms with Gasteiger partial charge < -0.3 is 19.7 Å². The lowest BCUT2D eigenvalue weighted by atomic mass is 9.81. The fourth-order valence-electron chi connectivity index (χ4n) is 4.33. The van der Waals surface area contributed by atoms with E-state index >= 15 is 0 Å². The molecule has 2 amide bonds. The van der Waals surface area contributed by atoms with Crippen LogP contribution in [0.2, 0.25) is 0 Å². The zero-order chi connectivity index (χ0) is 24.4. The van der Waals surface area contributed by atoms with Crippen LogP contribution in [0, 0.1) is 13.8 Å². The zero-order valence-corrected chi connectivity index (χ0v) is 21.4. The summed E-state index contributed by atoms with van der Waals surface area (Å²) in [7, 11) is 0. The SMILES string of the molecule is CSCCC(NC(=O)OC(C)(C)C)C(=O)N1CCC2(CC1)CC(=O)c1cc(C)c(C)cc1O2. The van der Waals surface area contributed by atoms with Crippen molar-refractivity contribution in [2.45, 2.75) is 77.5 Å². The number of amides is 2. The van der Waals surface area contributed by atoms with Gasteiger partial charge in [0.2, 0.25) is 5.91 Å². The standard InChI is InChI=1S/C25H36N2O5S/c1-16-13-18-20(28)15-25(31-21(18)14-17(16)2)8-10-27(11-9-25)22(29)19(7-12-33-6)26-23(30)32-24(3,4)5/h13-14,19H,7-12,15H2,1-6H3,(H,26,30). The summed E-state index contributed by atoms with van der Waals surface area (Å²) in [6, 6.07) is 3.23. The summed E-state index contributed by atoms with van der Waals surface area (Å²) in [5, 5.41) is 2.76. The summed E-state index contributed by atoms with van der Waals surface area (Å²) in [6.45, 7) is 10.4. The number of alkyl carbamates (subject to hydrolysis) is 1. The van der Waals surface area contributed by atoms with Gasteiger partial charge in [0.25, 0.3) is 0 Å². The maximum atomic E-state index is 13.3. The van der Waals surface area contributed by atoms with E-state index in [-0.39, 0.29) is 11.7 Å². The number of carbonyl (C=O) groups excluding carboxylic acids is 3. The summed E-state index contributed by atoms with van der Waals surface area (Å²) >= 11 is 1.63. The van der Waals surface area contributed by atoms with Crippen LogP contribution in [-0.2, 0) is 9.53 Å². The molecule has 33 heavy (non-hydrogen) atoms. The molecule has 1 aromatic carbocycles. The van der Waals surface area contributed by atoms with Crippen molar-refractivity contribution in [2.75, 3.05) is 25.1 Å². The van der Waals surface area contributed by atoms with Crippen LogP contribution in [0.25, 0.3) is 0 Å². The zero-order valence-electron chi connectivity index (χ0n) is 20.6. The number of rotatable bonds is 5. The van der Waals surface area contributed by atoms with Crippen LogP contribution < -0.4 is 10.1 Å². The number of fused-ring (bicyclic) bond motifs is 1. The highest BCUT2D eigenvalue weighted by Crippen LogP contribution is 2.40. The third-order valence-electron chi connectivity index (χ3n) is 6.29. The fourth-order valence-corrected chi connectivity index (χ4v) is 4.80. The average molecular weight is 477 g/mol. The number of benzene rings is 1. The van der Waals surface area contributed by atoms with E-state index in [0.29, 0.717) is 50.1 Å². The Labute approximate surface area is 200 Å². The Kier molecular flexibility index (Phi) is 7.66. The number of thioether (sulfide) groups is 1. The number of hydrogen-bond acceptors (Lipinski definition) is 6. The van der Waals surface area contributed by atoms with Gasteiger partial charge in [-0.05, 0) is 76.3 Å². The fraction of sp³-hybridized carbons (Fsp3) is 0.640. The molecule has 8 heteroatoms. The molecule has 0 aromatic heterocycles. The van der Waals surface area contributed by atoms with Crippen LogP contribution in [0.4, 0.5) is 4.79 Å². The first kappa shape index (κ1) is 25.4. The lowest BCUT2D eigenvalue weighted by Crippen LogP contribution is -2.56. The maximum absolute atomic E-state index is 13.3. The first-order valence-corrected chi connectivity index (χ1v) is 12.9. The lowest BCUT2D eigenvalue weighted by Gasteiger charge is -2.44. The molecule has 3 rings (SSSR count). The number of aryl methyl sites for hydroxylation is 2. The van der Waals surface area contributed by atoms with Crippen LogP contribution >= 0.6 is 11.8 Å².